The second kappa shape index (κ2) is 5.63. The summed E-state index contributed by atoms with van der Waals surface area (Å²) in [5.41, 5.74) is 2.43. The molecule has 0 bridgehead atoms. The van der Waals surface area contributed by atoms with E-state index < -0.39 is 0 Å². The fourth-order valence-electron chi connectivity index (χ4n) is 2.56. The van der Waals surface area contributed by atoms with Crippen LogP contribution in [0.2, 0.25) is 0 Å². The van der Waals surface area contributed by atoms with E-state index in [-0.39, 0.29) is 5.92 Å². The van der Waals surface area contributed by atoms with Gasteiger partial charge in [-0.1, -0.05) is 23.4 Å². The molecule has 106 valence electrons. The van der Waals surface area contributed by atoms with Gasteiger partial charge in [0.1, 0.15) is 0 Å². The van der Waals surface area contributed by atoms with Gasteiger partial charge in [-0.05, 0) is 32.1 Å². The summed E-state index contributed by atoms with van der Waals surface area (Å²) in [6, 6.07) is 8.34. The smallest absolute Gasteiger partial charge is 0.234 e. The normalized spacial score (nSPS) is 17.9. The molecule has 0 aliphatic carbocycles. The number of anilines is 1. The van der Waals surface area contributed by atoms with Gasteiger partial charge >= 0.3 is 0 Å². The molecule has 2 heterocycles. The number of benzene rings is 1. The van der Waals surface area contributed by atoms with Crippen molar-refractivity contribution in [3.63, 3.8) is 0 Å². The molecule has 1 aliphatic rings. The number of likely N-dealkylation sites (N-methyl/N-ethyl adjacent to an activating group) is 1. The van der Waals surface area contributed by atoms with Crippen LogP contribution in [0, 0.1) is 0 Å². The Bertz CT molecular complexity index is 579. The Balaban J connectivity index is 1.80. The van der Waals surface area contributed by atoms with Crippen molar-refractivity contribution in [2.75, 3.05) is 32.5 Å². The number of nitrogens with one attached hydrogen (secondary N) is 1. The first-order chi connectivity index (χ1) is 9.74. The maximum absolute atomic E-state index is 5.49. The lowest BCUT2D eigenvalue weighted by atomic mass is 9.91. The van der Waals surface area contributed by atoms with Crippen LogP contribution >= 0.6 is 0 Å². The van der Waals surface area contributed by atoms with Crippen molar-refractivity contribution in [1.29, 1.82) is 0 Å². The predicted octanol–water partition coefficient (Wildman–Crippen LogP) is 2.12. The third kappa shape index (κ3) is 2.67. The molecule has 0 spiro atoms. The summed E-state index contributed by atoms with van der Waals surface area (Å²) in [5.74, 6) is 1.76. The van der Waals surface area contributed by atoms with E-state index in [1.165, 1.54) is 11.3 Å². The average molecular weight is 272 g/mol. The summed E-state index contributed by atoms with van der Waals surface area (Å²) in [4.78, 5) is 6.69. The van der Waals surface area contributed by atoms with Crippen molar-refractivity contribution < 1.29 is 4.52 Å². The highest BCUT2D eigenvalue weighted by Gasteiger charge is 2.26. The van der Waals surface area contributed by atoms with Gasteiger partial charge in [-0.25, -0.2) is 0 Å². The van der Waals surface area contributed by atoms with Gasteiger partial charge in [0.25, 0.3) is 0 Å². The second-order valence-electron chi connectivity index (χ2n) is 5.46. The van der Waals surface area contributed by atoms with Gasteiger partial charge in [-0.3, -0.25) is 0 Å². The number of hydrogen-bond donors (Lipinski definition) is 1. The highest BCUT2D eigenvalue weighted by Crippen LogP contribution is 2.35. The topological polar surface area (TPSA) is 54.2 Å². The third-order valence-electron chi connectivity index (χ3n) is 3.65. The summed E-state index contributed by atoms with van der Waals surface area (Å²) >= 11 is 0. The maximum atomic E-state index is 5.49. The average Bonchev–Trinajstić information content (AvgIpc) is 2.93. The molecule has 0 saturated heterocycles. The lowest BCUT2D eigenvalue weighted by Crippen LogP contribution is -2.18. The number of rotatable bonds is 4. The van der Waals surface area contributed by atoms with Crippen molar-refractivity contribution in [2.45, 2.75) is 18.8 Å². The first kappa shape index (κ1) is 13.1. The van der Waals surface area contributed by atoms with Crippen LogP contribution in [0.25, 0.3) is 0 Å². The van der Waals surface area contributed by atoms with Gasteiger partial charge in [0.15, 0.2) is 5.82 Å². The molecule has 5 heteroatoms. The van der Waals surface area contributed by atoms with Crippen molar-refractivity contribution in [3.8, 4) is 0 Å². The molecule has 20 heavy (non-hydrogen) atoms. The van der Waals surface area contributed by atoms with E-state index in [1.54, 1.807) is 0 Å². The molecule has 1 N–H and O–H groups in total. The van der Waals surface area contributed by atoms with Crippen molar-refractivity contribution in [2.24, 2.45) is 0 Å². The van der Waals surface area contributed by atoms with Crippen LogP contribution < -0.4 is 5.32 Å². The van der Waals surface area contributed by atoms with Gasteiger partial charge in [0.05, 0.1) is 5.92 Å². The molecule has 0 fully saturated rings. The molecule has 1 aliphatic heterocycles. The molecule has 5 nitrogen and oxygen atoms in total. The summed E-state index contributed by atoms with van der Waals surface area (Å²) in [7, 11) is 4.09. The van der Waals surface area contributed by atoms with Crippen LogP contribution in [-0.4, -0.2) is 42.2 Å². The van der Waals surface area contributed by atoms with Crippen LogP contribution in [0.15, 0.2) is 28.8 Å². The Labute approximate surface area is 119 Å². The first-order valence-electron chi connectivity index (χ1n) is 7.04. The van der Waals surface area contributed by atoms with Crippen molar-refractivity contribution in [1.82, 2.24) is 15.0 Å². The lowest BCUT2D eigenvalue weighted by Gasteiger charge is -2.23. The van der Waals surface area contributed by atoms with Crippen LogP contribution in [0.3, 0.4) is 0 Å². The fourth-order valence-corrected chi connectivity index (χ4v) is 2.56. The zero-order chi connectivity index (χ0) is 13.9. The molecule has 1 aromatic heterocycles. The SMILES string of the molecule is CN(C)CCc1noc(C2CCNc3ccccc32)n1. The standard InChI is InChI=1S/C15H20N4O/c1-19(2)10-8-14-17-15(20-18-14)12-7-9-16-13-6-4-3-5-11(12)13/h3-6,12,16H,7-10H2,1-2H3. The van der Waals surface area contributed by atoms with E-state index in [0.29, 0.717) is 0 Å². The highest BCUT2D eigenvalue weighted by molar-refractivity contribution is 5.56. The first-order valence-corrected chi connectivity index (χ1v) is 7.04. The molecular formula is C15H20N4O. The van der Waals surface area contributed by atoms with Crippen molar-refractivity contribution >= 4 is 5.69 Å². The number of para-hydroxylation sites is 1. The molecule has 0 radical (unpaired) electrons. The van der Waals surface area contributed by atoms with Crippen LogP contribution in [0.1, 0.15) is 29.6 Å². The monoisotopic (exact) mass is 272 g/mol. The lowest BCUT2D eigenvalue weighted by molar-refractivity contribution is 0.352. The van der Waals surface area contributed by atoms with Gasteiger partial charge in [-0.2, -0.15) is 4.98 Å². The van der Waals surface area contributed by atoms with Crippen LogP contribution in [0.4, 0.5) is 5.69 Å². The van der Waals surface area contributed by atoms with E-state index in [1.807, 2.05) is 20.2 Å². The molecule has 0 saturated carbocycles. The Kier molecular flexibility index (Phi) is 3.69. The molecule has 1 aromatic carbocycles. The zero-order valence-electron chi connectivity index (χ0n) is 12.0. The molecule has 0 amide bonds. The maximum Gasteiger partial charge on any atom is 0.234 e. The summed E-state index contributed by atoms with van der Waals surface area (Å²) < 4.78 is 5.49. The fraction of sp³-hybridized carbons (Fsp3) is 0.467. The second-order valence-corrected chi connectivity index (χ2v) is 5.46. The Morgan fingerprint density at radius 2 is 2.20 bits per heavy atom. The minimum atomic E-state index is 0.216. The van der Waals surface area contributed by atoms with Crippen LogP contribution in [0.5, 0.6) is 0 Å². The van der Waals surface area contributed by atoms with Gasteiger partial charge in [-0.15, -0.1) is 0 Å². The molecular weight excluding hydrogens is 252 g/mol. The summed E-state index contributed by atoms with van der Waals surface area (Å²) in [5, 5.41) is 7.52. The predicted molar refractivity (Wildman–Crippen MR) is 77.9 cm³/mol. The van der Waals surface area contributed by atoms with Gasteiger partial charge in [0.2, 0.25) is 5.89 Å². The molecule has 3 rings (SSSR count). The largest absolute Gasteiger partial charge is 0.385 e. The van der Waals surface area contributed by atoms with E-state index in [4.69, 9.17) is 4.52 Å². The van der Waals surface area contributed by atoms with E-state index >= 15 is 0 Å². The van der Waals surface area contributed by atoms with Crippen LogP contribution in [-0.2, 0) is 6.42 Å². The number of aromatic nitrogens is 2. The van der Waals surface area contributed by atoms with Gasteiger partial charge < -0.3 is 14.7 Å². The number of fused-ring (bicyclic) bond motifs is 1. The molecule has 1 atom stereocenters. The van der Waals surface area contributed by atoms with E-state index in [9.17, 15) is 0 Å². The third-order valence-corrected chi connectivity index (χ3v) is 3.65. The summed E-state index contributed by atoms with van der Waals surface area (Å²) in [6.45, 7) is 1.87. The quantitative estimate of drug-likeness (QED) is 0.924. The Morgan fingerprint density at radius 1 is 1.35 bits per heavy atom. The zero-order valence-corrected chi connectivity index (χ0v) is 12.0. The minimum Gasteiger partial charge on any atom is -0.385 e. The number of nitrogens with zero attached hydrogens (tertiary/aromatic N) is 3. The molecule has 2 aromatic rings. The number of hydrogen-bond acceptors (Lipinski definition) is 5. The minimum absolute atomic E-state index is 0.216. The van der Waals surface area contributed by atoms with E-state index in [0.717, 1.165) is 37.6 Å². The van der Waals surface area contributed by atoms with E-state index in [2.05, 4.69) is 38.6 Å². The van der Waals surface area contributed by atoms with Crippen molar-refractivity contribution in [3.05, 3.63) is 41.5 Å². The van der Waals surface area contributed by atoms with Gasteiger partial charge in [0, 0.05) is 25.2 Å². The highest BCUT2D eigenvalue weighted by atomic mass is 16.5. The summed E-state index contributed by atoms with van der Waals surface area (Å²) in [6.07, 6.45) is 1.81. The molecule has 1 unspecified atom stereocenters. The Morgan fingerprint density at radius 3 is 3.05 bits per heavy atom. The Hall–Kier alpha value is -1.88.